The molecule has 1 rings (SSSR count). The first-order chi connectivity index (χ1) is 16.3. The molecule has 0 bridgehead atoms. The fourth-order valence-electron chi connectivity index (χ4n) is 2.75. The molecular formula is C20H26N4O10S. The molecule has 0 aromatic heterocycles. The summed E-state index contributed by atoms with van der Waals surface area (Å²) in [6.45, 7) is 0. The molecule has 3 amide bonds. The Hall–Kier alpha value is -3.85. The number of phenols is 1. The van der Waals surface area contributed by atoms with E-state index in [4.69, 9.17) is 21.1 Å². The van der Waals surface area contributed by atoms with E-state index in [1.54, 1.807) is 0 Å². The summed E-state index contributed by atoms with van der Waals surface area (Å²) in [6.07, 6.45) is -1.78. The standard InChI is InChI=1S/C20H26N4O10S/c21-11(5-9-1-3-10(25)4-2-9)17(30)22-12(6-15(26)27)18(31)24-14(8-35)19(32)23-13(20(33)34)7-16(28)29/h1-4,11-14,25,35H,5-8,21H2,(H,22,30)(H,23,32)(H,24,31)(H,26,27)(H,28,29)(H,33,34). The molecule has 0 radical (unpaired) electrons. The first-order valence-corrected chi connectivity index (χ1v) is 10.7. The second kappa shape index (κ2) is 13.8. The number of rotatable bonds is 14. The number of hydrogen-bond acceptors (Lipinski definition) is 9. The zero-order valence-electron chi connectivity index (χ0n) is 18.2. The maximum Gasteiger partial charge on any atom is 0.326 e. The molecule has 4 atom stereocenters. The minimum absolute atomic E-state index is 0.00498. The Morgan fingerprint density at radius 2 is 1.23 bits per heavy atom. The highest BCUT2D eigenvalue weighted by Crippen LogP contribution is 2.11. The van der Waals surface area contributed by atoms with Gasteiger partial charge in [0, 0.05) is 5.75 Å². The van der Waals surface area contributed by atoms with Gasteiger partial charge in [-0.15, -0.1) is 0 Å². The van der Waals surface area contributed by atoms with E-state index in [-0.39, 0.29) is 17.9 Å². The highest BCUT2D eigenvalue weighted by atomic mass is 32.1. The van der Waals surface area contributed by atoms with Crippen molar-refractivity contribution in [1.29, 1.82) is 0 Å². The van der Waals surface area contributed by atoms with Crippen LogP contribution in [0, 0.1) is 0 Å². The van der Waals surface area contributed by atoms with Crippen molar-refractivity contribution in [2.75, 3.05) is 5.75 Å². The number of carboxylic acids is 3. The summed E-state index contributed by atoms with van der Waals surface area (Å²) in [6, 6.07) is -0.269. The van der Waals surface area contributed by atoms with Gasteiger partial charge in [-0.1, -0.05) is 12.1 Å². The molecule has 0 spiro atoms. The van der Waals surface area contributed by atoms with Crippen LogP contribution in [0.2, 0.25) is 0 Å². The number of benzene rings is 1. The fourth-order valence-corrected chi connectivity index (χ4v) is 3.01. The van der Waals surface area contributed by atoms with E-state index >= 15 is 0 Å². The van der Waals surface area contributed by atoms with Crippen molar-refractivity contribution >= 4 is 48.3 Å². The number of phenolic OH excluding ortho intramolecular Hbond substituents is 1. The van der Waals surface area contributed by atoms with Crippen molar-refractivity contribution in [2.24, 2.45) is 5.73 Å². The minimum Gasteiger partial charge on any atom is -0.508 e. The zero-order chi connectivity index (χ0) is 26.7. The SMILES string of the molecule is NC(Cc1ccc(O)cc1)C(=O)NC(CC(=O)O)C(=O)NC(CS)C(=O)NC(CC(=O)O)C(=O)O. The van der Waals surface area contributed by atoms with Crippen LogP contribution in [0.15, 0.2) is 24.3 Å². The third-order valence-electron chi connectivity index (χ3n) is 4.55. The summed E-state index contributed by atoms with van der Waals surface area (Å²) in [5.74, 6) is -7.93. The van der Waals surface area contributed by atoms with Crippen LogP contribution in [-0.2, 0) is 35.2 Å². The van der Waals surface area contributed by atoms with E-state index in [0.717, 1.165) is 0 Å². The number of thiol groups is 1. The summed E-state index contributed by atoms with van der Waals surface area (Å²) in [5.41, 5.74) is 6.42. The van der Waals surface area contributed by atoms with E-state index in [2.05, 4.69) is 23.3 Å². The number of nitrogens with two attached hydrogens (primary N) is 1. The number of aliphatic carboxylic acids is 3. The van der Waals surface area contributed by atoms with Gasteiger partial charge in [-0.05, 0) is 24.1 Å². The Morgan fingerprint density at radius 3 is 1.71 bits per heavy atom. The Balaban J connectivity index is 2.87. The maximum atomic E-state index is 12.6. The van der Waals surface area contributed by atoms with Crippen molar-refractivity contribution in [2.45, 2.75) is 43.4 Å². The monoisotopic (exact) mass is 514 g/mol. The van der Waals surface area contributed by atoms with Gasteiger partial charge < -0.3 is 42.1 Å². The van der Waals surface area contributed by atoms with Crippen LogP contribution in [-0.4, -0.2) is 86.0 Å². The number of carbonyl (C=O) groups is 6. The summed E-state index contributed by atoms with van der Waals surface area (Å²) < 4.78 is 0. The molecule has 15 heteroatoms. The molecule has 0 saturated heterocycles. The van der Waals surface area contributed by atoms with Crippen LogP contribution in [0.25, 0.3) is 0 Å². The lowest BCUT2D eigenvalue weighted by Crippen LogP contribution is -2.58. The van der Waals surface area contributed by atoms with Crippen LogP contribution in [0.3, 0.4) is 0 Å². The molecule has 0 fully saturated rings. The quantitative estimate of drug-likeness (QED) is 0.119. The molecule has 9 N–H and O–H groups in total. The van der Waals surface area contributed by atoms with Crippen molar-refractivity contribution in [1.82, 2.24) is 16.0 Å². The number of carboxylic acid groups (broad SMARTS) is 3. The lowest BCUT2D eigenvalue weighted by Gasteiger charge is -2.23. The Labute approximate surface area is 204 Å². The van der Waals surface area contributed by atoms with Crippen LogP contribution in [0.5, 0.6) is 5.75 Å². The van der Waals surface area contributed by atoms with Gasteiger partial charge in [0.05, 0.1) is 18.9 Å². The fraction of sp³-hybridized carbons (Fsp3) is 0.400. The van der Waals surface area contributed by atoms with E-state index in [1.807, 2.05) is 5.32 Å². The van der Waals surface area contributed by atoms with Gasteiger partial charge in [-0.2, -0.15) is 12.6 Å². The summed E-state index contributed by atoms with van der Waals surface area (Å²) in [5, 5.41) is 42.5. The average molecular weight is 515 g/mol. The van der Waals surface area contributed by atoms with Crippen LogP contribution in [0.4, 0.5) is 0 Å². The van der Waals surface area contributed by atoms with Crippen molar-refractivity contribution in [3.63, 3.8) is 0 Å². The normalized spacial score (nSPS) is 14.0. The van der Waals surface area contributed by atoms with Gasteiger partial charge in [0.15, 0.2) is 0 Å². The van der Waals surface area contributed by atoms with E-state index < -0.39 is 72.6 Å². The molecular weight excluding hydrogens is 488 g/mol. The molecule has 14 nitrogen and oxygen atoms in total. The van der Waals surface area contributed by atoms with E-state index in [0.29, 0.717) is 5.56 Å². The van der Waals surface area contributed by atoms with Crippen LogP contribution >= 0.6 is 12.6 Å². The third-order valence-corrected chi connectivity index (χ3v) is 4.91. The first-order valence-electron chi connectivity index (χ1n) is 10.1. The first kappa shape index (κ1) is 29.2. The van der Waals surface area contributed by atoms with E-state index in [9.17, 15) is 33.9 Å². The summed E-state index contributed by atoms with van der Waals surface area (Å²) >= 11 is 3.90. The van der Waals surface area contributed by atoms with Crippen molar-refractivity contribution < 1.29 is 49.2 Å². The largest absolute Gasteiger partial charge is 0.508 e. The Kier molecular flexibility index (Phi) is 11.5. The smallest absolute Gasteiger partial charge is 0.326 e. The van der Waals surface area contributed by atoms with Gasteiger partial charge >= 0.3 is 17.9 Å². The number of nitrogens with one attached hydrogen (secondary N) is 3. The topological polar surface area (TPSA) is 245 Å². The lowest BCUT2D eigenvalue weighted by atomic mass is 10.0. The molecule has 1 aromatic rings. The number of amides is 3. The van der Waals surface area contributed by atoms with Crippen molar-refractivity contribution in [3.8, 4) is 5.75 Å². The number of aromatic hydroxyl groups is 1. The van der Waals surface area contributed by atoms with Crippen molar-refractivity contribution in [3.05, 3.63) is 29.8 Å². The summed E-state index contributed by atoms with van der Waals surface area (Å²) in [7, 11) is 0. The predicted octanol–water partition coefficient (Wildman–Crippen LogP) is -2.32. The Morgan fingerprint density at radius 1 is 0.771 bits per heavy atom. The van der Waals surface area contributed by atoms with Gasteiger partial charge in [0.25, 0.3) is 0 Å². The van der Waals surface area contributed by atoms with Gasteiger partial charge in [0.1, 0.15) is 23.9 Å². The molecule has 0 aliphatic carbocycles. The molecule has 35 heavy (non-hydrogen) atoms. The predicted molar refractivity (Wildman–Crippen MR) is 122 cm³/mol. The molecule has 1 aromatic carbocycles. The zero-order valence-corrected chi connectivity index (χ0v) is 19.1. The average Bonchev–Trinajstić information content (AvgIpc) is 2.76. The van der Waals surface area contributed by atoms with Gasteiger partial charge in [-0.25, -0.2) is 4.79 Å². The third kappa shape index (κ3) is 10.3. The van der Waals surface area contributed by atoms with Crippen LogP contribution in [0.1, 0.15) is 18.4 Å². The number of carbonyl (C=O) groups excluding carboxylic acids is 3. The van der Waals surface area contributed by atoms with E-state index in [1.165, 1.54) is 24.3 Å². The van der Waals surface area contributed by atoms with Crippen LogP contribution < -0.4 is 21.7 Å². The second-order valence-electron chi connectivity index (χ2n) is 7.38. The molecule has 0 heterocycles. The lowest BCUT2D eigenvalue weighted by molar-refractivity contribution is -0.147. The maximum absolute atomic E-state index is 12.6. The highest BCUT2D eigenvalue weighted by Gasteiger charge is 2.31. The molecule has 192 valence electrons. The summed E-state index contributed by atoms with van der Waals surface area (Å²) in [4.78, 5) is 70.5. The second-order valence-corrected chi connectivity index (χ2v) is 7.74. The minimum atomic E-state index is -1.79. The van der Waals surface area contributed by atoms with Gasteiger partial charge in [0.2, 0.25) is 17.7 Å². The highest BCUT2D eigenvalue weighted by molar-refractivity contribution is 7.80. The molecule has 0 aliphatic heterocycles. The molecule has 0 aliphatic rings. The number of hydrogen-bond donors (Lipinski definition) is 9. The molecule has 0 saturated carbocycles. The Bertz CT molecular complexity index is 956. The van der Waals surface area contributed by atoms with Gasteiger partial charge in [-0.3, -0.25) is 24.0 Å². The molecule has 4 unspecified atom stereocenters.